The third kappa shape index (κ3) is 1.50. The number of rotatable bonds is 1. The summed E-state index contributed by atoms with van der Waals surface area (Å²) in [7, 11) is 0. The van der Waals surface area contributed by atoms with Crippen molar-refractivity contribution >= 4 is 17.9 Å². The Balaban J connectivity index is 2.69. The minimum atomic E-state index is -0.404. The van der Waals surface area contributed by atoms with Crippen molar-refractivity contribution in [3.63, 3.8) is 0 Å². The molecule has 0 aromatic rings. The Hall–Kier alpha value is -0.900. The first kappa shape index (κ1) is 6.22. The van der Waals surface area contributed by atoms with Crippen LogP contribution in [0, 0.1) is 0 Å². The molecule has 0 radical (unpaired) electrons. The van der Waals surface area contributed by atoms with Crippen molar-refractivity contribution in [3.8, 4) is 0 Å². The Kier molecular flexibility index (Phi) is 1.79. The molecule has 4 heteroatoms. The van der Waals surface area contributed by atoms with Gasteiger partial charge in [0.15, 0.2) is 0 Å². The molecule has 0 aromatic carbocycles. The van der Waals surface area contributed by atoms with Crippen LogP contribution in [0.4, 0.5) is 0 Å². The van der Waals surface area contributed by atoms with Gasteiger partial charge < -0.3 is 10.5 Å². The maximum absolute atomic E-state index is 10.4. The van der Waals surface area contributed by atoms with Crippen molar-refractivity contribution in [2.45, 2.75) is 0 Å². The van der Waals surface area contributed by atoms with Crippen LogP contribution in [-0.4, -0.2) is 5.91 Å². The van der Waals surface area contributed by atoms with Gasteiger partial charge in [-0.25, -0.2) is 0 Å². The Morgan fingerprint density at radius 1 is 1.78 bits per heavy atom. The molecule has 0 atom stereocenters. The lowest BCUT2D eigenvalue weighted by Gasteiger charge is -2.01. The van der Waals surface area contributed by atoms with E-state index in [-0.39, 0.29) is 0 Å². The van der Waals surface area contributed by atoms with Crippen LogP contribution in [0.3, 0.4) is 0 Å². The Morgan fingerprint density at radius 2 is 2.56 bits per heavy atom. The Morgan fingerprint density at radius 3 is 2.89 bits per heavy atom. The summed E-state index contributed by atoms with van der Waals surface area (Å²) in [5, 5.41) is 1.76. The minimum Gasteiger partial charge on any atom is -0.366 e. The van der Waals surface area contributed by atoms with Crippen LogP contribution in [-0.2, 0) is 4.79 Å². The van der Waals surface area contributed by atoms with E-state index in [1.54, 1.807) is 17.7 Å². The maximum atomic E-state index is 10.4. The van der Waals surface area contributed by atoms with Gasteiger partial charge in [-0.2, -0.15) is 0 Å². The van der Waals surface area contributed by atoms with Gasteiger partial charge in [0, 0.05) is 6.20 Å². The molecule has 0 saturated carbocycles. The second-order valence-electron chi connectivity index (χ2n) is 1.50. The lowest BCUT2D eigenvalue weighted by atomic mass is 10.3. The molecule has 3 N–H and O–H groups in total. The highest BCUT2D eigenvalue weighted by atomic mass is 32.2. The molecule has 0 aromatic heterocycles. The molecule has 0 fully saturated rings. The van der Waals surface area contributed by atoms with E-state index in [4.69, 9.17) is 5.73 Å². The van der Waals surface area contributed by atoms with Crippen molar-refractivity contribution in [1.29, 1.82) is 0 Å². The molecule has 1 amide bonds. The van der Waals surface area contributed by atoms with Gasteiger partial charge in [0.25, 0.3) is 0 Å². The van der Waals surface area contributed by atoms with E-state index >= 15 is 0 Å². The molecule has 9 heavy (non-hydrogen) atoms. The molecular formula is C5H6N2OS. The predicted octanol–water partition coefficient (Wildman–Crippen LogP) is 0.121. The first-order chi connectivity index (χ1) is 4.30. The van der Waals surface area contributed by atoms with Crippen molar-refractivity contribution in [2.24, 2.45) is 5.73 Å². The van der Waals surface area contributed by atoms with Gasteiger partial charge in [0.1, 0.15) is 0 Å². The molecule has 0 unspecified atom stereocenters. The number of primary amides is 1. The van der Waals surface area contributed by atoms with Gasteiger partial charge in [0.2, 0.25) is 5.91 Å². The van der Waals surface area contributed by atoms with Gasteiger partial charge in [0.05, 0.1) is 5.57 Å². The molecule has 1 aliphatic rings. The van der Waals surface area contributed by atoms with Gasteiger partial charge in [-0.05, 0) is 23.4 Å². The zero-order valence-electron chi connectivity index (χ0n) is 4.63. The highest BCUT2D eigenvalue weighted by molar-refractivity contribution is 8.00. The van der Waals surface area contributed by atoms with E-state index < -0.39 is 5.91 Å². The normalized spacial score (nSPS) is 16.2. The molecule has 1 heterocycles. The van der Waals surface area contributed by atoms with E-state index in [9.17, 15) is 4.79 Å². The first-order valence-electron chi connectivity index (χ1n) is 2.38. The fourth-order valence-corrected chi connectivity index (χ4v) is 0.934. The highest BCUT2D eigenvalue weighted by Gasteiger charge is 2.01. The lowest BCUT2D eigenvalue weighted by molar-refractivity contribution is -0.114. The molecule has 1 rings (SSSR count). The monoisotopic (exact) mass is 142 g/mol. The predicted molar refractivity (Wildman–Crippen MR) is 37.1 cm³/mol. The fraction of sp³-hybridized carbons (Fsp3) is 0. The van der Waals surface area contributed by atoms with Gasteiger partial charge in [-0.3, -0.25) is 4.79 Å². The number of hydrogen-bond donors (Lipinski definition) is 2. The zero-order valence-corrected chi connectivity index (χ0v) is 5.44. The van der Waals surface area contributed by atoms with Crippen molar-refractivity contribution in [3.05, 3.63) is 23.3 Å². The second-order valence-corrected chi connectivity index (χ2v) is 2.25. The van der Waals surface area contributed by atoms with E-state index in [0.717, 1.165) is 0 Å². The van der Waals surface area contributed by atoms with Crippen LogP contribution < -0.4 is 10.5 Å². The summed E-state index contributed by atoms with van der Waals surface area (Å²) < 4.78 is 2.78. The van der Waals surface area contributed by atoms with E-state index in [1.165, 1.54) is 11.9 Å². The summed E-state index contributed by atoms with van der Waals surface area (Å²) in [6.07, 6.45) is 3.25. The SMILES string of the molecule is NC(=O)C1=CNSC=C1. The van der Waals surface area contributed by atoms with Crippen LogP contribution in [0.15, 0.2) is 23.3 Å². The number of amides is 1. The molecule has 1 aliphatic heterocycles. The summed E-state index contributed by atoms with van der Waals surface area (Å²) in [6, 6.07) is 0. The smallest absolute Gasteiger partial charge is 0.250 e. The van der Waals surface area contributed by atoms with Crippen LogP contribution in [0.5, 0.6) is 0 Å². The fourth-order valence-electron chi connectivity index (χ4n) is 0.445. The molecule has 3 nitrogen and oxygen atoms in total. The zero-order chi connectivity index (χ0) is 6.69. The molecule has 0 aliphatic carbocycles. The summed E-state index contributed by atoms with van der Waals surface area (Å²) in [6.45, 7) is 0. The van der Waals surface area contributed by atoms with Crippen molar-refractivity contribution in [1.82, 2.24) is 4.72 Å². The lowest BCUT2D eigenvalue weighted by Crippen LogP contribution is -2.15. The number of nitrogens with one attached hydrogen (secondary N) is 1. The van der Waals surface area contributed by atoms with E-state index in [2.05, 4.69) is 4.72 Å². The molecule has 0 saturated heterocycles. The molecular weight excluding hydrogens is 136 g/mol. The summed E-state index contributed by atoms with van der Waals surface area (Å²) in [5.41, 5.74) is 5.47. The van der Waals surface area contributed by atoms with Gasteiger partial charge in [-0.15, -0.1) is 0 Å². The van der Waals surface area contributed by atoms with E-state index in [0.29, 0.717) is 5.57 Å². The average Bonchev–Trinajstić information content (AvgIpc) is 1.90. The van der Waals surface area contributed by atoms with Crippen LogP contribution in [0.2, 0.25) is 0 Å². The molecule has 48 valence electrons. The van der Waals surface area contributed by atoms with Crippen LogP contribution >= 0.6 is 11.9 Å². The number of carbonyl (C=O) groups is 1. The van der Waals surface area contributed by atoms with E-state index in [1.807, 2.05) is 0 Å². The Bertz CT molecular complexity index is 185. The van der Waals surface area contributed by atoms with Crippen molar-refractivity contribution in [2.75, 3.05) is 0 Å². The summed E-state index contributed by atoms with van der Waals surface area (Å²) in [4.78, 5) is 10.4. The highest BCUT2D eigenvalue weighted by Crippen LogP contribution is 2.07. The van der Waals surface area contributed by atoms with Crippen LogP contribution in [0.25, 0.3) is 0 Å². The maximum Gasteiger partial charge on any atom is 0.250 e. The topological polar surface area (TPSA) is 55.1 Å². The van der Waals surface area contributed by atoms with Gasteiger partial charge >= 0.3 is 0 Å². The quantitative estimate of drug-likeness (QED) is 0.511. The molecule has 0 spiro atoms. The number of carbonyl (C=O) groups excluding carboxylic acids is 1. The summed E-state index contributed by atoms with van der Waals surface area (Å²) >= 11 is 1.40. The largest absolute Gasteiger partial charge is 0.366 e. The molecule has 0 bridgehead atoms. The summed E-state index contributed by atoms with van der Waals surface area (Å²) in [5.74, 6) is -0.404. The Labute approximate surface area is 57.1 Å². The number of hydrogen-bond acceptors (Lipinski definition) is 3. The number of nitrogens with two attached hydrogens (primary N) is 1. The van der Waals surface area contributed by atoms with Crippen molar-refractivity contribution < 1.29 is 4.79 Å². The third-order valence-electron chi connectivity index (χ3n) is 0.883. The average molecular weight is 142 g/mol. The minimum absolute atomic E-state index is 0.404. The second kappa shape index (κ2) is 2.59. The van der Waals surface area contributed by atoms with Crippen LogP contribution in [0.1, 0.15) is 0 Å². The standard InChI is InChI=1S/C5H6N2OS/c6-5(8)4-1-2-9-7-3-4/h1-3,7H,(H2,6,8). The first-order valence-corrected chi connectivity index (χ1v) is 3.26. The van der Waals surface area contributed by atoms with Gasteiger partial charge in [-0.1, -0.05) is 0 Å². The third-order valence-corrected chi connectivity index (χ3v) is 1.41.